The zero-order valence-electron chi connectivity index (χ0n) is 12.0. The number of rotatable bonds is 2. The predicted molar refractivity (Wildman–Crippen MR) is 88.3 cm³/mol. The largest absolute Gasteiger partial charge is 0.281 e. The highest BCUT2D eigenvalue weighted by Crippen LogP contribution is 2.33. The minimum absolute atomic E-state index is 0.342. The molecule has 0 atom stereocenters. The van der Waals surface area contributed by atoms with Gasteiger partial charge < -0.3 is 0 Å². The summed E-state index contributed by atoms with van der Waals surface area (Å²) in [6.07, 6.45) is 1.82. The fourth-order valence-electron chi connectivity index (χ4n) is 2.81. The standard InChI is InChI=1S/C18H13N3O/c1-12-5-4-10-21-17(12)19-16(18(21)20-22)15-9-8-13-6-2-3-7-14(13)11-15/h2-11H,1H3. The van der Waals surface area contributed by atoms with Crippen LogP contribution in [0.25, 0.3) is 27.7 Å². The second kappa shape index (κ2) is 4.77. The molecule has 0 saturated heterocycles. The summed E-state index contributed by atoms with van der Waals surface area (Å²) in [4.78, 5) is 16.0. The lowest BCUT2D eigenvalue weighted by Gasteiger charge is -2.01. The number of hydrogen-bond acceptors (Lipinski definition) is 3. The van der Waals surface area contributed by atoms with Crippen molar-refractivity contribution in [1.29, 1.82) is 0 Å². The molecule has 0 aliphatic heterocycles. The molecule has 0 bridgehead atoms. The van der Waals surface area contributed by atoms with Gasteiger partial charge >= 0.3 is 0 Å². The molecule has 4 nitrogen and oxygen atoms in total. The maximum atomic E-state index is 11.3. The van der Waals surface area contributed by atoms with Crippen LogP contribution in [0.4, 0.5) is 5.82 Å². The number of aromatic nitrogens is 2. The Balaban J connectivity index is 2.03. The van der Waals surface area contributed by atoms with Crippen LogP contribution in [0.1, 0.15) is 5.56 Å². The number of hydrogen-bond donors (Lipinski definition) is 0. The molecule has 22 heavy (non-hydrogen) atoms. The topological polar surface area (TPSA) is 46.7 Å². The Morgan fingerprint density at radius 3 is 2.64 bits per heavy atom. The van der Waals surface area contributed by atoms with Crippen LogP contribution < -0.4 is 0 Å². The lowest BCUT2D eigenvalue weighted by atomic mass is 10.1. The van der Waals surface area contributed by atoms with Gasteiger partial charge in [-0.25, -0.2) is 4.98 Å². The van der Waals surface area contributed by atoms with Crippen LogP contribution in [-0.4, -0.2) is 9.38 Å². The van der Waals surface area contributed by atoms with Gasteiger partial charge in [-0.3, -0.25) is 4.40 Å². The molecule has 106 valence electrons. The summed E-state index contributed by atoms with van der Waals surface area (Å²) < 4.78 is 1.74. The number of nitroso groups, excluding NO2 is 1. The Morgan fingerprint density at radius 2 is 1.82 bits per heavy atom. The van der Waals surface area contributed by atoms with Crippen LogP contribution in [0.5, 0.6) is 0 Å². The molecule has 4 rings (SSSR count). The summed E-state index contributed by atoms with van der Waals surface area (Å²) in [7, 11) is 0. The second-order valence-electron chi connectivity index (χ2n) is 5.32. The monoisotopic (exact) mass is 287 g/mol. The number of pyridine rings is 1. The zero-order valence-corrected chi connectivity index (χ0v) is 12.0. The molecule has 2 aromatic carbocycles. The van der Waals surface area contributed by atoms with Crippen molar-refractivity contribution in [3.8, 4) is 11.3 Å². The normalized spacial score (nSPS) is 11.1. The van der Waals surface area contributed by atoms with Gasteiger partial charge in [0.15, 0.2) is 0 Å². The van der Waals surface area contributed by atoms with Crippen molar-refractivity contribution in [1.82, 2.24) is 9.38 Å². The Morgan fingerprint density at radius 1 is 1.00 bits per heavy atom. The quantitative estimate of drug-likeness (QED) is 0.494. The predicted octanol–water partition coefficient (Wildman–Crippen LogP) is 4.86. The van der Waals surface area contributed by atoms with Crippen molar-refractivity contribution in [3.63, 3.8) is 0 Å². The van der Waals surface area contributed by atoms with Gasteiger partial charge in [-0.15, -0.1) is 4.91 Å². The summed E-state index contributed by atoms with van der Waals surface area (Å²) in [6.45, 7) is 1.97. The van der Waals surface area contributed by atoms with E-state index < -0.39 is 0 Å². The molecular formula is C18H13N3O. The summed E-state index contributed by atoms with van der Waals surface area (Å²) in [5.41, 5.74) is 3.30. The van der Waals surface area contributed by atoms with Gasteiger partial charge in [-0.05, 0) is 40.6 Å². The molecule has 2 aromatic heterocycles. The molecule has 0 saturated carbocycles. The van der Waals surface area contributed by atoms with Gasteiger partial charge in [0.25, 0.3) is 0 Å². The van der Waals surface area contributed by atoms with E-state index in [0.717, 1.165) is 27.5 Å². The number of nitrogens with zero attached hydrogens (tertiary/aromatic N) is 3. The Kier molecular flexibility index (Phi) is 2.76. The molecular weight excluding hydrogens is 274 g/mol. The summed E-state index contributed by atoms with van der Waals surface area (Å²) in [5.74, 6) is 0.342. The van der Waals surface area contributed by atoms with Crippen LogP contribution in [0, 0.1) is 11.8 Å². The van der Waals surface area contributed by atoms with E-state index in [1.165, 1.54) is 0 Å². The molecule has 0 amide bonds. The van der Waals surface area contributed by atoms with E-state index >= 15 is 0 Å². The first-order chi connectivity index (χ1) is 10.8. The third-order valence-corrected chi connectivity index (χ3v) is 3.93. The van der Waals surface area contributed by atoms with E-state index in [1.807, 2.05) is 61.7 Å². The van der Waals surface area contributed by atoms with E-state index in [0.29, 0.717) is 11.5 Å². The molecule has 0 fully saturated rings. The number of fused-ring (bicyclic) bond motifs is 2. The first-order valence-corrected chi connectivity index (χ1v) is 7.08. The van der Waals surface area contributed by atoms with Crippen molar-refractivity contribution in [2.45, 2.75) is 6.92 Å². The van der Waals surface area contributed by atoms with Crippen LogP contribution in [0.3, 0.4) is 0 Å². The van der Waals surface area contributed by atoms with Crippen molar-refractivity contribution in [3.05, 3.63) is 71.3 Å². The molecule has 0 spiro atoms. The molecule has 2 heterocycles. The number of aryl methyl sites for hydroxylation is 1. The van der Waals surface area contributed by atoms with Gasteiger partial charge in [0, 0.05) is 11.8 Å². The van der Waals surface area contributed by atoms with E-state index in [9.17, 15) is 4.91 Å². The first kappa shape index (κ1) is 12.7. The first-order valence-electron chi connectivity index (χ1n) is 7.08. The van der Waals surface area contributed by atoms with Gasteiger partial charge in [0.1, 0.15) is 11.3 Å². The van der Waals surface area contributed by atoms with Crippen LogP contribution in [0.15, 0.2) is 66.0 Å². The van der Waals surface area contributed by atoms with Gasteiger partial charge in [0.2, 0.25) is 5.82 Å². The SMILES string of the molecule is Cc1cccn2c(N=O)c(-c3ccc4ccccc4c3)nc12. The Hall–Kier alpha value is -3.01. The fraction of sp³-hybridized carbons (Fsp3) is 0.0556. The maximum absolute atomic E-state index is 11.3. The zero-order chi connectivity index (χ0) is 15.1. The molecule has 0 radical (unpaired) electrons. The van der Waals surface area contributed by atoms with Gasteiger partial charge in [-0.1, -0.05) is 42.5 Å². The summed E-state index contributed by atoms with van der Waals surface area (Å²) in [6, 6.07) is 18.0. The molecule has 0 aliphatic carbocycles. The van der Waals surface area contributed by atoms with Crippen LogP contribution >= 0.6 is 0 Å². The third kappa shape index (κ3) is 1.81. The lowest BCUT2D eigenvalue weighted by Crippen LogP contribution is -1.85. The number of benzene rings is 2. The van der Waals surface area contributed by atoms with E-state index in [-0.39, 0.29) is 0 Å². The van der Waals surface area contributed by atoms with Crippen molar-refractivity contribution in [2.24, 2.45) is 5.18 Å². The highest BCUT2D eigenvalue weighted by molar-refractivity contribution is 5.88. The minimum atomic E-state index is 0.342. The number of imidazole rings is 1. The molecule has 4 aromatic rings. The lowest BCUT2D eigenvalue weighted by molar-refractivity contribution is 1.14. The fourth-order valence-corrected chi connectivity index (χ4v) is 2.81. The second-order valence-corrected chi connectivity index (χ2v) is 5.32. The molecule has 0 aliphatic rings. The average molecular weight is 287 g/mol. The minimum Gasteiger partial charge on any atom is -0.281 e. The maximum Gasteiger partial charge on any atom is 0.209 e. The van der Waals surface area contributed by atoms with Crippen molar-refractivity contribution >= 4 is 22.2 Å². The van der Waals surface area contributed by atoms with E-state index in [1.54, 1.807) is 4.40 Å². The Labute approximate surface area is 127 Å². The van der Waals surface area contributed by atoms with Crippen molar-refractivity contribution in [2.75, 3.05) is 0 Å². The molecule has 0 unspecified atom stereocenters. The van der Waals surface area contributed by atoms with Gasteiger partial charge in [0.05, 0.1) is 0 Å². The Bertz CT molecular complexity index is 1020. The molecule has 0 N–H and O–H groups in total. The third-order valence-electron chi connectivity index (χ3n) is 3.93. The smallest absolute Gasteiger partial charge is 0.209 e. The van der Waals surface area contributed by atoms with Gasteiger partial charge in [-0.2, -0.15) is 0 Å². The molecule has 4 heteroatoms. The highest BCUT2D eigenvalue weighted by atomic mass is 16.3. The van der Waals surface area contributed by atoms with Crippen LogP contribution in [0.2, 0.25) is 0 Å². The van der Waals surface area contributed by atoms with E-state index in [4.69, 9.17) is 0 Å². The highest BCUT2D eigenvalue weighted by Gasteiger charge is 2.16. The van der Waals surface area contributed by atoms with Crippen LogP contribution in [-0.2, 0) is 0 Å². The average Bonchev–Trinajstić information content (AvgIpc) is 2.94. The van der Waals surface area contributed by atoms with E-state index in [2.05, 4.69) is 16.2 Å². The summed E-state index contributed by atoms with van der Waals surface area (Å²) in [5, 5.41) is 5.48. The van der Waals surface area contributed by atoms with Crippen molar-refractivity contribution < 1.29 is 0 Å². The summed E-state index contributed by atoms with van der Waals surface area (Å²) >= 11 is 0.